The lowest BCUT2D eigenvalue weighted by Gasteiger charge is -2.12. The SMILES string of the molecule is CNCCc1nocc1-c1ccccc1C(F)(F)F. The minimum absolute atomic E-state index is 0.0994. The Morgan fingerprint density at radius 1 is 1.21 bits per heavy atom. The maximum Gasteiger partial charge on any atom is 0.417 e. The number of nitrogens with zero attached hydrogens (tertiary/aromatic N) is 1. The van der Waals surface area contributed by atoms with Crippen LogP contribution in [-0.4, -0.2) is 18.7 Å². The zero-order chi connectivity index (χ0) is 13.9. The third-order valence-corrected chi connectivity index (χ3v) is 2.78. The first-order valence-corrected chi connectivity index (χ1v) is 5.78. The summed E-state index contributed by atoms with van der Waals surface area (Å²) in [4.78, 5) is 0. The lowest BCUT2D eigenvalue weighted by molar-refractivity contribution is -0.137. The molecule has 0 amide bonds. The van der Waals surface area contributed by atoms with Crippen LogP contribution < -0.4 is 5.32 Å². The molecular formula is C13H13F3N2O. The van der Waals surface area contributed by atoms with E-state index < -0.39 is 11.7 Å². The van der Waals surface area contributed by atoms with Crippen LogP contribution in [0.15, 0.2) is 35.1 Å². The Labute approximate surface area is 108 Å². The number of rotatable bonds is 4. The standard InChI is InChI=1S/C13H13F3N2O/c1-17-7-6-12-10(8-19-18-12)9-4-2-3-5-11(9)13(14,15)16/h2-5,8,17H,6-7H2,1H3. The molecule has 0 saturated carbocycles. The van der Waals surface area contributed by atoms with Crippen LogP contribution in [0.25, 0.3) is 11.1 Å². The number of hydrogen-bond acceptors (Lipinski definition) is 3. The Bertz CT molecular complexity index is 549. The molecule has 1 aromatic heterocycles. The molecule has 19 heavy (non-hydrogen) atoms. The van der Waals surface area contributed by atoms with Gasteiger partial charge in [0.25, 0.3) is 0 Å². The molecule has 0 aliphatic carbocycles. The highest BCUT2D eigenvalue weighted by Gasteiger charge is 2.34. The van der Waals surface area contributed by atoms with E-state index >= 15 is 0 Å². The molecule has 2 rings (SSSR count). The highest BCUT2D eigenvalue weighted by Crippen LogP contribution is 2.37. The van der Waals surface area contributed by atoms with Crippen LogP contribution in [-0.2, 0) is 12.6 Å². The first-order valence-electron chi connectivity index (χ1n) is 5.78. The number of benzene rings is 1. The Kier molecular flexibility index (Phi) is 3.90. The summed E-state index contributed by atoms with van der Waals surface area (Å²) in [5.41, 5.74) is 0.334. The van der Waals surface area contributed by atoms with Crippen LogP contribution in [0.5, 0.6) is 0 Å². The molecule has 0 atom stereocenters. The second-order valence-electron chi connectivity index (χ2n) is 4.07. The molecule has 0 unspecified atom stereocenters. The monoisotopic (exact) mass is 270 g/mol. The van der Waals surface area contributed by atoms with Gasteiger partial charge in [0.15, 0.2) is 0 Å². The van der Waals surface area contributed by atoms with Crippen LogP contribution in [0.2, 0.25) is 0 Å². The molecule has 102 valence electrons. The van der Waals surface area contributed by atoms with Crippen molar-refractivity contribution in [2.75, 3.05) is 13.6 Å². The van der Waals surface area contributed by atoms with Crippen molar-refractivity contribution in [3.05, 3.63) is 41.8 Å². The van der Waals surface area contributed by atoms with Crippen molar-refractivity contribution < 1.29 is 17.7 Å². The lowest BCUT2D eigenvalue weighted by Crippen LogP contribution is -2.11. The first-order chi connectivity index (χ1) is 9.04. The lowest BCUT2D eigenvalue weighted by atomic mass is 9.99. The van der Waals surface area contributed by atoms with E-state index in [1.54, 1.807) is 13.1 Å². The maximum atomic E-state index is 13.0. The number of aromatic nitrogens is 1. The van der Waals surface area contributed by atoms with Gasteiger partial charge in [0, 0.05) is 18.5 Å². The van der Waals surface area contributed by atoms with Gasteiger partial charge in [0.05, 0.1) is 11.3 Å². The predicted octanol–water partition coefficient (Wildman–Crippen LogP) is 3.12. The van der Waals surface area contributed by atoms with E-state index in [4.69, 9.17) is 4.52 Å². The van der Waals surface area contributed by atoms with Gasteiger partial charge in [-0.1, -0.05) is 23.4 Å². The van der Waals surface area contributed by atoms with Crippen molar-refractivity contribution in [1.82, 2.24) is 10.5 Å². The fraction of sp³-hybridized carbons (Fsp3) is 0.308. The molecule has 0 aliphatic rings. The fourth-order valence-corrected chi connectivity index (χ4v) is 1.87. The summed E-state index contributed by atoms with van der Waals surface area (Å²) >= 11 is 0. The minimum atomic E-state index is -4.39. The van der Waals surface area contributed by atoms with Gasteiger partial charge in [-0.3, -0.25) is 0 Å². The number of alkyl halides is 3. The second-order valence-corrected chi connectivity index (χ2v) is 4.07. The van der Waals surface area contributed by atoms with Crippen molar-refractivity contribution in [3.63, 3.8) is 0 Å². The number of halogens is 3. The van der Waals surface area contributed by atoms with E-state index in [0.29, 0.717) is 24.2 Å². The fourth-order valence-electron chi connectivity index (χ4n) is 1.87. The molecule has 1 aromatic carbocycles. The van der Waals surface area contributed by atoms with Crippen LogP contribution in [0.1, 0.15) is 11.3 Å². The van der Waals surface area contributed by atoms with Gasteiger partial charge >= 0.3 is 6.18 Å². The molecule has 1 N–H and O–H groups in total. The summed E-state index contributed by atoms with van der Waals surface area (Å²) in [5.74, 6) is 0. The molecular weight excluding hydrogens is 257 g/mol. The number of hydrogen-bond donors (Lipinski definition) is 1. The van der Waals surface area contributed by atoms with E-state index in [1.807, 2.05) is 0 Å². The summed E-state index contributed by atoms with van der Waals surface area (Å²) in [6, 6.07) is 5.43. The molecule has 0 fully saturated rings. The van der Waals surface area contributed by atoms with Crippen LogP contribution in [0.3, 0.4) is 0 Å². The summed E-state index contributed by atoms with van der Waals surface area (Å²) < 4.78 is 43.7. The first kappa shape index (κ1) is 13.6. The van der Waals surface area contributed by atoms with Crippen molar-refractivity contribution in [2.45, 2.75) is 12.6 Å². The molecule has 0 aliphatic heterocycles. The Hall–Kier alpha value is -1.82. The van der Waals surface area contributed by atoms with Crippen molar-refractivity contribution in [3.8, 4) is 11.1 Å². The average molecular weight is 270 g/mol. The molecule has 2 aromatic rings. The zero-order valence-electron chi connectivity index (χ0n) is 10.3. The van der Waals surface area contributed by atoms with E-state index in [2.05, 4.69) is 10.5 Å². The second kappa shape index (κ2) is 5.44. The summed E-state index contributed by atoms with van der Waals surface area (Å²) in [7, 11) is 1.77. The molecule has 3 nitrogen and oxygen atoms in total. The van der Waals surface area contributed by atoms with Crippen molar-refractivity contribution in [2.24, 2.45) is 0 Å². The molecule has 0 radical (unpaired) electrons. The van der Waals surface area contributed by atoms with Gasteiger partial charge in [0.2, 0.25) is 0 Å². The largest absolute Gasteiger partial charge is 0.417 e. The van der Waals surface area contributed by atoms with E-state index in [1.165, 1.54) is 18.4 Å². The smallest absolute Gasteiger partial charge is 0.364 e. The minimum Gasteiger partial charge on any atom is -0.364 e. The summed E-state index contributed by atoms with van der Waals surface area (Å²) in [6.45, 7) is 0.619. The number of likely N-dealkylation sites (N-methyl/N-ethyl adjacent to an activating group) is 1. The van der Waals surface area contributed by atoms with Crippen LogP contribution >= 0.6 is 0 Å². The van der Waals surface area contributed by atoms with Gasteiger partial charge in [0.1, 0.15) is 6.26 Å². The molecule has 0 spiro atoms. The van der Waals surface area contributed by atoms with Gasteiger partial charge < -0.3 is 9.84 Å². The van der Waals surface area contributed by atoms with Gasteiger partial charge in [-0.2, -0.15) is 13.2 Å². The van der Waals surface area contributed by atoms with Crippen LogP contribution in [0.4, 0.5) is 13.2 Å². The van der Waals surface area contributed by atoms with Crippen molar-refractivity contribution >= 4 is 0 Å². The topological polar surface area (TPSA) is 38.1 Å². The zero-order valence-corrected chi connectivity index (χ0v) is 10.3. The van der Waals surface area contributed by atoms with Gasteiger partial charge in [-0.15, -0.1) is 0 Å². The van der Waals surface area contributed by atoms with Gasteiger partial charge in [-0.25, -0.2) is 0 Å². The normalized spacial score (nSPS) is 11.8. The third-order valence-electron chi connectivity index (χ3n) is 2.78. The molecule has 0 saturated heterocycles. The predicted molar refractivity (Wildman–Crippen MR) is 64.6 cm³/mol. The summed E-state index contributed by atoms with van der Waals surface area (Å²) in [5, 5.41) is 6.70. The Morgan fingerprint density at radius 3 is 2.63 bits per heavy atom. The Morgan fingerprint density at radius 2 is 1.95 bits per heavy atom. The quantitative estimate of drug-likeness (QED) is 0.927. The van der Waals surface area contributed by atoms with Crippen molar-refractivity contribution in [1.29, 1.82) is 0 Å². The Balaban J connectivity index is 2.45. The molecule has 0 bridgehead atoms. The van der Waals surface area contributed by atoms with Crippen LogP contribution in [0, 0.1) is 0 Å². The highest BCUT2D eigenvalue weighted by molar-refractivity contribution is 5.69. The highest BCUT2D eigenvalue weighted by atomic mass is 19.4. The van der Waals surface area contributed by atoms with Gasteiger partial charge in [-0.05, 0) is 18.7 Å². The molecule has 1 heterocycles. The summed E-state index contributed by atoms with van der Waals surface area (Å²) in [6.07, 6.45) is -2.63. The van der Waals surface area contributed by atoms with E-state index in [9.17, 15) is 13.2 Å². The molecule has 6 heteroatoms. The average Bonchev–Trinajstić information content (AvgIpc) is 2.83. The maximum absolute atomic E-state index is 13.0. The third kappa shape index (κ3) is 2.96. The van der Waals surface area contributed by atoms with E-state index in [0.717, 1.165) is 6.07 Å². The van der Waals surface area contributed by atoms with E-state index in [-0.39, 0.29) is 5.56 Å². The number of nitrogens with one attached hydrogen (secondary N) is 1.